The molecule has 2 atom stereocenters. The second kappa shape index (κ2) is 6.60. The van der Waals surface area contributed by atoms with Gasteiger partial charge in [-0.1, -0.05) is 13.8 Å². The van der Waals surface area contributed by atoms with E-state index in [1.807, 2.05) is 27.7 Å². The molecule has 0 aliphatic carbocycles. The molecule has 1 saturated heterocycles. The zero-order chi connectivity index (χ0) is 14.6. The van der Waals surface area contributed by atoms with Crippen LogP contribution < -0.4 is 0 Å². The largest absolute Gasteiger partial charge is 0.444 e. The molecule has 1 rings (SSSR count). The third kappa shape index (κ3) is 5.01. The maximum Gasteiger partial charge on any atom is 0.410 e. The van der Waals surface area contributed by atoms with E-state index in [0.29, 0.717) is 25.0 Å². The minimum atomic E-state index is -0.437. The number of likely N-dealkylation sites (tertiary alicyclic amines) is 1. The van der Waals surface area contributed by atoms with Gasteiger partial charge in [0.15, 0.2) is 0 Å². The quantitative estimate of drug-likeness (QED) is 0.790. The van der Waals surface area contributed by atoms with Crippen LogP contribution in [-0.2, 0) is 9.47 Å². The first-order valence-corrected chi connectivity index (χ1v) is 7.34. The van der Waals surface area contributed by atoms with Crippen LogP contribution in [0.4, 0.5) is 4.79 Å². The second-order valence-corrected chi connectivity index (χ2v) is 6.62. The van der Waals surface area contributed by atoms with Crippen LogP contribution in [0.3, 0.4) is 0 Å². The minimum absolute atomic E-state index is 0.131. The van der Waals surface area contributed by atoms with Gasteiger partial charge < -0.3 is 14.4 Å². The van der Waals surface area contributed by atoms with Gasteiger partial charge in [0.25, 0.3) is 0 Å². The molecule has 1 aliphatic heterocycles. The van der Waals surface area contributed by atoms with Crippen molar-refractivity contribution in [2.75, 3.05) is 19.7 Å². The van der Waals surface area contributed by atoms with Crippen molar-refractivity contribution >= 4 is 6.09 Å². The van der Waals surface area contributed by atoms with Gasteiger partial charge in [-0.2, -0.15) is 0 Å². The number of hydrogen-bond acceptors (Lipinski definition) is 3. The molecule has 4 heteroatoms. The lowest BCUT2D eigenvalue weighted by molar-refractivity contribution is -0.0535. The molecular formula is C15H29NO3. The van der Waals surface area contributed by atoms with Crippen LogP contribution in [0.2, 0.25) is 0 Å². The minimum Gasteiger partial charge on any atom is -0.444 e. The van der Waals surface area contributed by atoms with Crippen molar-refractivity contribution in [3.8, 4) is 0 Å². The average Bonchev–Trinajstić information content (AvgIpc) is 2.26. The van der Waals surface area contributed by atoms with E-state index in [-0.39, 0.29) is 12.2 Å². The lowest BCUT2D eigenvalue weighted by Gasteiger charge is -2.40. The molecule has 0 aromatic rings. The highest BCUT2D eigenvalue weighted by Gasteiger charge is 2.35. The molecule has 1 amide bonds. The highest BCUT2D eigenvalue weighted by molar-refractivity contribution is 5.68. The molecule has 0 radical (unpaired) electrons. The van der Waals surface area contributed by atoms with Crippen molar-refractivity contribution < 1.29 is 14.3 Å². The third-order valence-corrected chi connectivity index (χ3v) is 3.50. The van der Waals surface area contributed by atoms with Gasteiger partial charge in [-0.3, -0.25) is 0 Å². The summed E-state index contributed by atoms with van der Waals surface area (Å²) in [6.45, 7) is 14.2. The Bertz CT molecular complexity index is 296. The maximum absolute atomic E-state index is 12.1. The summed E-state index contributed by atoms with van der Waals surface area (Å²) in [5, 5.41) is 0. The number of piperidine rings is 1. The van der Waals surface area contributed by atoms with Crippen molar-refractivity contribution in [2.45, 2.75) is 59.7 Å². The topological polar surface area (TPSA) is 38.8 Å². The van der Waals surface area contributed by atoms with E-state index in [0.717, 1.165) is 13.0 Å². The smallest absolute Gasteiger partial charge is 0.410 e. The van der Waals surface area contributed by atoms with E-state index in [1.165, 1.54) is 0 Å². The van der Waals surface area contributed by atoms with E-state index in [9.17, 15) is 4.79 Å². The summed E-state index contributed by atoms with van der Waals surface area (Å²) in [5.41, 5.74) is -0.437. The van der Waals surface area contributed by atoms with Crippen LogP contribution in [0.25, 0.3) is 0 Å². The van der Waals surface area contributed by atoms with Crippen LogP contribution >= 0.6 is 0 Å². The van der Waals surface area contributed by atoms with Crippen molar-refractivity contribution in [3.05, 3.63) is 0 Å². The molecule has 0 aromatic heterocycles. The van der Waals surface area contributed by atoms with Crippen LogP contribution in [0.5, 0.6) is 0 Å². The van der Waals surface area contributed by atoms with Crippen LogP contribution in [-0.4, -0.2) is 42.4 Å². The number of amides is 1. The fourth-order valence-corrected chi connectivity index (χ4v) is 2.58. The Morgan fingerprint density at radius 1 is 1.37 bits per heavy atom. The fraction of sp³-hybridized carbons (Fsp3) is 0.933. The first kappa shape index (κ1) is 16.3. The highest BCUT2D eigenvalue weighted by atomic mass is 16.6. The first-order valence-electron chi connectivity index (χ1n) is 7.34. The lowest BCUT2D eigenvalue weighted by atomic mass is 9.84. The fourth-order valence-electron chi connectivity index (χ4n) is 2.58. The molecule has 1 heterocycles. The molecule has 112 valence electrons. The summed E-state index contributed by atoms with van der Waals surface area (Å²) < 4.78 is 11.2. The molecule has 1 fully saturated rings. The molecule has 0 N–H and O–H groups in total. The van der Waals surface area contributed by atoms with E-state index < -0.39 is 5.60 Å². The average molecular weight is 271 g/mol. The van der Waals surface area contributed by atoms with Crippen LogP contribution in [0.15, 0.2) is 0 Å². The Hall–Kier alpha value is -0.770. The summed E-state index contributed by atoms with van der Waals surface area (Å²) in [7, 11) is 0. The molecular weight excluding hydrogens is 242 g/mol. The first-order chi connectivity index (χ1) is 8.74. The Morgan fingerprint density at radius 3 is 2.47 bits per heavy atom. The van der Waals surface area contributed by atoms with Crippen molar-refractivity contribution in [3.63, 3.8) is 0 Å². The number of hydrogen-bond donors (Lipinski definition) is 0. The molecule has 0 unspecified atom stereocenters. The van der Waals surface area contributed by atoms with Crippen LogP contribution in [0.1, 0.15) is 48.0 Å². The van der Waals surface area contributed by atoms with Crippen molar-refractivity contribution in [1.82, 2.24) is 4.90 Å². The Balaban J connectivity index is 2.63. The molecule has 0 saturated carbocycles. The van der Waals surface area contributed by atoms with Gasteiger partial charge in [-0.25, -0.2) is 4.79 Å². The normalized spacial score (nSPS) is 24.7. The lowest BCUT2D eigenvalue weighted by Crippen LogP contribution is -2.50. The number of carbonyl (C=O) groups excluding carboxylic acids is 1. The van der Waals surface area contributed by atoms with Crippen LogP contribution in [0, 0.1) is 11.8 Å². The molecule has 0 bridgehead atoms. The zero-order valence-corrected chi connectivity index (χ0v) is 13.2. The number of carbonyl (C=O) groups is 1. The van der Waals surface area contributed by atoms with Crippen molar-refractivity contribution in [2.24, 2.45) is 11.8 Å². The number of ether oxygens (including phenoxy) is 2. The standard InChI is InChI=1S/C15H29NO3/c1-7-18-13-10-16(9-8-12(13)11(2)3)14(17)19-15(4,5)6/h11-13H,7-10H2,1-6H3/t12-,13+/m0/s1. The third-order valence-electron chi connectivity index (χ3n) is 3.50. The monoisotopic (exact) mass is 271 g/mol. The second-order valence-electron chi connectivity index (χ2n) is 6.62. The van der Waals surface area contributed by atoms with E-state index in [1.54, 1.807) is 4.90 Å². The molecule has 0 spiro atoms. The van der Waals surface area contributed by atoms with Gasteiger partial charge in [0.2, 0.25) is 0 Å². The molecule has 19 heavy (non-hydrogen) atoms. The van der Waals surface area contributed by atoms with E-state index in [4.69, 9.17) is 9.47 Å². The molecule has 4 nitrogen and oxygen atoms in total. The number of nitrogens with zero attached hydrogens (tertiary/aromatic N) is 1. The highest BCUT2D eigenvalue weighted by Crippen LogP contribution is 2.28. The predicted molar refractivity (Wildman–Crippen MR) is 76.2 cm³/mol. The van der Waals surface area contributed by atoms with Gasteiger partial charge in [0.05, 0.1) is 12.6 Å². The Labute approximate surface area is 117 Å². The summed E-state index contributed by atoms with van der Waals surface area (Å²) in [5.74, 6) is 1.11. The molecule has 0 aromatic carbocycles. The molecule has 1 aliphatic rings. The summed E-state index contributed by atoms with van der Waals surface area (Å²) in [4.78, 5) is 13.9. The summed E-state index contributed by atoms with van der Waals surface area (Å²) in [6, 6.07) is 0. The predicted octanol–water partition coefficient (Wildman–Crippen LogP) is 3.30. The van der Waals surface area contributed by atoms with Crippen molar-refractivity contribution in [1.29, 1.82) is 0 Å². The Morgan fingerprint density at radius 2 is 2.00 bits per heavy atom. The van der Waals surface area contributed by atoms with Gasteiger partial charge >= 0.3 is 6.09 Å². The SMILES string of the molecule is CCO[C@@H]1CN(C(=O)OC(C)(C)C)CC[C@H]1C(C)C. The van der Waals surface area contributed by atoms with Gasteiger partial charge in [-0.05, 0) is 46.0 Å². The van der Waals surface area contributed by atoms with E-state index in [2.05, 4.69) is 13.8 Å². The van der Waals surface area contributed by atoms with Gasteiger partial charge in [0, 0.05) is 13.2 Å². The summed E-state index contributed by atoms with van der Waals surface area (Å²) in [6.07, 6.45) is 0.896. The maximum atomic E-state index is 12.1. The van der Waals surface area contributed by atoms with Gasteiger partial charge in [0.1, 0.15) is 5.60 Å². The summed E-state index contributed by atoms with van der Waals surface area (Å²) >= 11 is 0. The Kier molecular flexibility index (Phi) is 5.65. The number of rotatable bonds is 3. The van der Waals surface area contributed by atoms with E-state index >= 15 is 0 Å². The zero-order valence-electron chi connectivity index (χ0n) is 13.2. The van der Waals surface area contributed by atoms with Gasteiger partial charge in [-0.15, -0.1) is 0 Å².